The highest BCUT2D eigenvalue weighted by molar-refractivity contribution is 5.87. The monoisotopic (exact) mass is 236 g/mol. The van der Waals surface area contributed by atoms with Crippen molar-refractivity contribution in [3.63, 3.8) is 0 Å². The molecule has 1 heteroatoms. The minimum atomic E-state index is 0.664. The van der Waals surface area contributed by atoms with Crippen molar-refractivity contribution in [2.75, 3.05) is 7.11 Å². The highest BCUT2D eigenvalue weighted by atomic mass is 16.5. The number of allylic oxidation sites excluding steroid dienone is 1. The second kappa shape index (κ2) is 5.93. The van der Waals surface area contributed by atoms with E-state index in [0.717, 1.165) is 6.42 Å². The zero-order valence-corrected chi connectivity index (χ0v) is 10.5. The quantitative estimate of drug-likeness (QED) is 0.580. The Hall–Kier alpha value is -2.20. The van der Waals surface area contributed by atoms with Gasteiger partial charge in [0.25, 0.3) is 0 Å². The Morgan fingerprint density at radius 1 is 1.22 bits per heavy atom. The molecule has 0 aliphatic heterocycles. The molecule has 0 saturated carbocycles. The SMILES string of the molecule is C#CCc1c(CC=COC)ccc2ccccc12. The molecule has 0 aromatic heterocycles. The van der Waals surface area contributed by atoms with Crippen LogP contribution in [0.25, 0.3) is 10.8 Å². The zero-order valence-electron chi connectivity index (χ0n) is 10.5. The Kier molecular flexibility index (Phi) is 4.04. The Labute approximate surface area is 108 Å². The number of fused-ring (bicyclic) bond motifs is 1. The number of rotatable bonds is 4. The summed E-state index contributed by atoms with van der Waals surface area (Å²) in [6, 6.07) is 12.6. The van der Waals surface area contributed by atoms with Gasteiger partial charge in [-0.05, 0) is 34.4 Å². The van der Waals surface area contributed by atoms with Crippen molar-refractivity contribution in [3.8, 4) is 12.3 Å². The van der Waals surface area contributed by atoms with Crippen LogP contribution in [-0.4, -0.2) is 7.11 Å². The fourth-order valence-corrected chi connectivity index (χ4v) is 2.15. The van der Waals surface area contributed by atoms with Crippen molar-refractivity contribution < 1.29 is 4.74 Å². The average molecular weight is 236 g/mol. The summed E-state index contributed by atoms with van der Waals surface area (Å²) >= 11 is 0. The van der Waals surface area contributed by atoms with Gasteiger partial charge in [0.1, 0.15) is 0 Å². The number of ether oxygens (including phenoxy) is 1. The van der Waals surface area contributed by atoms with E-state index in [2.05, 4.69) is 36.3 Å². The Morgan fingerprint density at radius 3 is 2.83 bits per heavy atom. The maximum atomic E-state index is 5.48. The van der Waals surface area contributed by atoms with Gasteiger partial charge in [0.05, 0.1) is 13.4 Å². The number of methoxy groups -OCH3 is 1. The predicted octanol–water partition coefficient (Wildman–Crippen LogP) is 3.72. The van der Waals surface area contributed by atoms with Gasteiger partial charge in [-0.1, -0.05) is 36.4 Å². The van der Waals surface area contributed by atoms with Gasteiger partial charge in [0.2, 0.25) is 0 Å². The van der Waals surface area contributed by atoms with Crippen LogP contribution in [0.1, 0.15) is 11.1 Å². The third-order valence-corrected chi connectivity index (χ3v) is 2.99. The maximum absolute atomic E-state index is 5.48. The molecule has 0 fully saturated rings. The van der Waals surface area contributed by atoms with Gasteiger partial charge in [-0.25, -0.2) is 0 Å². The van der Waals surface area contributed by atoms with E-state index in [1.807, 2.05) is 12.1 Å². The van der Waals surface area contributed by atoms with Crippen molar-refractivity contribution in [1.29, 1.82) is 0 Å². The zero-order chi connectivity index (χ0) is 12.8. The van der Waals surface area contributed by atoms with E-state index in [9.17, 15) is 0 Å². The third-order valence-electron chi connectivity index (χ3n) is 2.99. The van der Waals surface area contributed by atoms with Gasteiger partial charge >= 0.3 is 0 Å². The number of benzene rings is 2. The molecule has 0 amide bonds. The molecule has 0 spiro atoms. The van der Waals surface area contributed by atoms with Gasteiger partial charge in [-0.15, -0.1) is 12.3 Å². The second-order valence-electron chi connectivity index (χ2n) is 4.12. The van der Waals surface area contributed by atoms with Crippen LogP contribution in [0, 0.1) is 12.3 Å². The summed E-state index contributed by atoms with van der Waals surface area (Å²) in [6.07, 6.45) is 10.7. The van der Waals surface area contributed by atoms with Crippen LogP contribution in [-0.2, 0) is 17.6 Å². The van der Waals surface area contributed by atoms with Crippen molar-refractivity contribution in [3.05, 3.63) is 59.9 Å². The summed E-state index contributed by atoms with van der Waals surface area (Å²) in [5.74, 6) is 2.75. The molecule has 2 rings (SSSR count). The van der Waals surface area contributed by atoms with Gasteiger partial charge in [-0.3, -0.25) is 0 Å². The Bertz CT molecular complexity index is 603. The number of terminal acetylenes is 1. The van der Waals surface area contributed by atoms with Gasteiger partial charge in [0, 0.05) is 6.42 Å². The van der Waals surface area contributed by atoms with Crippen LogP contribution >= 0.6 is 0 Å². The number of hydrogen-bond acceptors (Lipinski definition) is 1. The molecular formula is C17H16O. The molecule has 0 N–H and O–H groups in total. The summed E-state index contributed by atoms with van der Waals surface area (Å²) in [7, 11) is 1.65. The Balaban J connectivity index is 2.49. The lowest BCUT2D eigenvalue weighted by Crippen LogP contribution is -1.94. The molecule has 18 heavy (non-hydrogen) atoms. The second-order valence-corrected chi connectivity index (χ2v) is 4.12. The lowest BCUT2D eigenvalue weighted by Gasteiger charge is -2.09. The molecule has 90 valence electrons. The van der Waals surface area contributed by atoms with E-state index < -0.39 is 0 Å². The van der Waals surface area contributed by atoms with Crippen molar-refractivity contribution in [2.24, 2.45) is 0 Å². The smallest absolute Gasteiger partial charge is 0.0788 e. The van der Waals surface area contributed by atoms with Crippen LogP contribution in [0.5, 0.6) is 0 Å². The van der Waals surface area contributed by atoms with E-state index in [4.69, 9.17) is 11.2 Å². The highest BCUT2D eigenvalue weighted by Gasteiger charge is 2.05. The van der Waals surface area contributed by atoms with E-state index >= 15 is 0 Å². The molecule has 2 aromatic carbocycles. The molecule has 0 bridgehead atoms. The first-order chi connectivity index (χ1) is 8.86. The van der Waals surface area contributed by atoms with Crippen molar-refractivity contribution in [1.82, 2.24) is 0 Å². The van der Waals surface area contributed by atoms with Crippen LogP contribution in [0.3, 0.4) is 0 Å². The first-order valence-electron chi connectivity index (χ1n) is 5.97. The van der Waals surface area contributed by atoms with Gasteiger partial charge < -0.3 is 4.74 Å². The highest BCUT2D eigenvalue weighted by Crippen LogP contribution is 2.23. The largest absolute Gasteiger partial charge is 0.505 e. The third kappa shape index (κ3) is 2.55. The lowest BCUT2D eigenvalue weighted by molar-refractivity contribution is 0.337. The minimum absolute atomic E-state index is 0.664. The topological polar surface area (TPSA) is 9.23 Å². The molecule has 0 heterocycles. The van der Waals surface area contributed by atoms with Gasteiger partial charge in [0.15, 0.2) is 0 Å². The molecule has 1 nitrogen and oxygen atoms in total. The van der Waals surface area contributed by atoms with E-state index in [1.165, 1.54) is 21.9 Å². The Morgan fingerprint density at radius 2 is 2.06 bits per heavy atom. The van der Waals surface area contributed by atoms with Crippen molar-refractivity contribution in [2.45, 2.75) is 12.8 Å². The standard InChI is InChI=1S/C17H16O/c1-3-7-16-15(9-6-13-18-2)12-11-14-8-4-5-10-17(14)16/h1,4-6,8,10-13H,7,9H2,2H3. The molecule has 2 aromatic rings. The lowest BCUT2D eigenvalue weighted by atomic mass is 9.95. The summed E-state index contributed by atoms with van der Waals surface area (Å²) in [4.78, 5) is 0. The average Bonchev–Trinajstić information content (AvgIpc) is 2.41. The summed E-state index contributed by atoms with van der Waals surface area (Å²) in [5, 5.41) is 2.49. The van der Waals surface area contributed by atoms with Crippen LogP contribution in [0.4, 0.5) is 0 Å². The van der Waals surface area contributed by atoms with Crippen molar-refractivity contribution >= 4 is 10.8 Å². The fraction of sp³-hybridized carbons (Fsp3) is 0.176. The molecule has 0 unspecified atom stereocenters. The summed E-state index contributed by atoms with van der Waals surface area (Å²) < 4.78 is 4.93. The fourth-order valence-electron chi connectivity index (χ4n) is 2.15. The molecule has 0 saturated heterocycles. The normalized spacial score (nSPS) is 10.7. The van der Waals surface area contributed by atoms with Crippen LogP contribution in [0.2, 0.25) is 0 Å². The summed E-state index contributed by atoms with van der Waals surface area (Å²) in [6.45, 7) is 0. The van der Waals surface area contributed by atoms with Crippen LogP contribution < -0.4 is 0 Å². The molecule has 0 aliphatic rings. The van der Waals surface area contributed by atoms with E-state index in [0.29, 0.717) is 6.42 Å². The first kappa shape index (κ1) is 12.3. The minimum Gasteiger partial charge on any atom is -0.505 e. The molecule has 0 aliphatic carbocycles. The van der Waals surface area contributed by atoms with Gasteiger partial charge in [-0.2, -0.15) is 0 Å². The first-order valence-corrected chi connectivity index (χ1v) is 5.97. The van der Waals surface area contributed by atoms with Crippen LogP contribution in [0.15, 0.2) is 48.7 Å². The maximum Gasteiger partial charge on any atom is 0.0788 e. The summed E-state index contributed by atoms with van der Waals surface area (Å²) in [5.41, 5.74) is 2.51. The molecule has 0 atom stereocenters. The van der Waals surface area contributed by atoms with E-state index in [1.54, 1.807) is 13.4 Å². The van der Waals surface area contributed by atoms with E-state index in [-0.39, 0.29) is 0 Å². The predicted molar refractivity (Wildman–Crippen MR) is 76.3 cm³/mol. The molecule has 0 radical (unpaired) electrons. The molecular weight excluding hydrogens is 220 g/mol. The number of hydrogen-bond donors (Lipinski definition) is 0.